The first-order chi connectivity index (χ1) is 5.81. The van der Waals surface area contributed by atoms with Crippen molar-refractivity contribution < 1.29 is 4.79 Å². The molecule has 1 N–H and O–H groups in total. The van der Waals surface area contributed by atoms with Gasteiger partial charge in [-0.1, -0.05) is 12.1 Å². The van der Waals surface area contributed by atoms with E-state index in [1.165, 1.54) is 5.56 Å². The van der Waals surface area contributed by atoms with Gasteiger partial charge in [0.15, 0.2) is 6.29 Å². The summed E-state index contributed by atoms with van der Waals surface area (Å²) in [5.74, 6) is 0. The number of benzene rings is 1. The van der Waals surface area contributed by atoms with Crippen LogP contribution in [-0.4, -0.2) is 12.3 Å². The largest absolute Gasteiger partial charge is 0.381 e. The molecule has 62 valence electrons. The Morgan fingerprint density at radius 3 is 3.17 bits per heavy atom. The lowest BCUT2D eigenvalue weighted by molar-refractivity contribution is 0.112. The van der Waals surface area contributed by atoms with Crippen molar-refractivity contribution in [3.05, 3.63) is 29.3 Å². The zero-order chi connectivity index (χ0) is 8.55. The third-order valence-corrected chi connectivity index (χ3v) is 2.23. The summed E-state index contributed by atoms with van der Waals surface area (Å²) in [6, 6.07) is 6.30. The van der Waals surface area contributed by atoms with Crippen LogP contribution in [0.15, 0.2) is 18.2 Å². The molecule has 0 aromatic heterocycles. The summed E-state index contributed by atoms with van der Waals surface area (Å²) in [6.45, 7) is 2.12. The lowest BCUT2D eigenvalue weighted by Gasteiger charge is -2.03. The third kappa shape index (κ3) is 0.998. The van der Waals surface area contributed by atoms with Crippen molar-refractivity contribution in [2.24, 2.45) is 0 Å². The van der Waals surface area contributed by atoms with Crippen LogP contribution in [0.1, 0.15) is 22.8 Å². The van der Waals surface area contributed by atoms with Crippen molar-refractivity contribution in [2.45, 2.75) is 19.4 Å². The second-order valence-electron chi connectivity index (χ2n) is 3.25. The number of carbonyl (C=O) groups is 1. The highest BCUT2D eigenvalue weighted by molar-refractivity contribution is 5.86. The minimum Gasteiger partial charge on any atom is -0.381 e. The summed E-state index contributed by atoms with van der Waals surface area (Å²) in [7, 11) is 0. The summed E-state index contributed by atoms with van der Waals surface area (Å²) >= 11 is 0. The van der Waals surface area contributed by atoms with Crippen LogP contribution in [0.2, 0.25) is 0 Å². The topological polar surface area (TPSA) is 29.1 Å². The zero-order valence-corrected chi connectivity index (χ0v) is 7.00. The molecule has 1 atom stereocenters. The van der Waals surface area contributed by atoms with E-state index in [9.17, 15) is 4.79 Å². The molecule has 1 heterocycles. The second kappa shape index (κ2) is 2.63. The van der Waals surface area contributed by atoms with Crippen molar-refractivity contribution in [1.29, 1.82) is 0 Å². The number of rotatable bonds is 1. The van der Waals surface area contributed by atoms with Gasteiger partial charge in [0.1, 0.15) is 0 Å². The minimum atomic E-state index is 0.459. The molecule has 1 aromatic rings. The highest BCUT2D eigenvalue weighted by Crippen LogP contribution is 2.28. The maximum absolute atomic E-state index is 10.6. The summed E-state index contributed by atoms with van der Waals surface area (Å²) in [5, 5.41) is 3.29. The van der Waals surface area contributed by atoms with E-state index in [4.69, 9.17) is 0 Å². The molecule has 0 aliphatic carbocycles. The number of nitrogens with one attached hydrogen (secondary N) is 1. The Morgan fingerprint density at radius 1 is 1.58 bits per heavy atom. The number of para-hydroxylation sites is 1. The van der Waals surface area contributed by atoms with Gasteiger partial charge < -0.3 is 5.32 Å². The molecule has 0 amide bonds. The van der Waals surface area contributed by atoms with E-state index in [2.05, 4.69) is 18.3 Å². The molecule has 1 unspecified atom stereocenters. The van der Waals surface area contributed by atoms with E-state index in [-0.39, 0.29) is 0 Å². The molecular weight excluding hydrogens is 150 g/mol. The molecule has 2 rings (SSSR count). The highest BCUT2D eigenvalue weighted by Gasteiger charge is 2.18. The van der Waals surface area contributed by atoms with Crippen LogP contribution < -0.4 is 5.32 Å². The molecule has 0 saturated heterocycles. The van der Waals surface area contributed by atoms with E-state index < -0.39 is 0 Å². The quantitative estimate of drug-likeness (QED) is 0.637. The van der Waals surface area contributed by atoms with Crippen molar-refractivity contribution in [2.75, 3.05) is 5.32 Å². The average Bonchev–Trinajstić information content (AvgIpc) is 2.44. The van der Waals surface area contributed by atoms with Crippen LogP contribution in [0.3, 0.4) is 0 Å². The predicted molar refractivity (Wildman–Crippen MR) is 48.6 cm³/mol. The summed E-state index contributed by atoms with van der Waals surface area (Å²) < 4.78 is 0. The van der Waals surface area contributed by atoms with Gasteiger partial charge >= 0.3 is 0 Å². The first-order valence-electron chi connectivity index (χ1n) is 4.15. The Morgan fingerprint density at radius 2 is 2.42 bits per heavy atom. The summed E-state index contributed by atoms with van der Waals surface area (Å²) in [6.07, 6.45) is 1.93. The van der Waals surface area contributed by atoms with Gasteiger partial charge in [-0.15, -0.1) is 0 Å². The van der Waals surface area contributed by atoms with Gasteiger partial charge in [0.2, 0.25) is 0 Å². The van der Waals surface area contributed by atoms with E-state index in [0.717, 1.165) is 24.0 Å². The number of fused-ring (bicyclic) bond motifs is 1. The Kier molecular flexibility index (Phi) is 1.61. The van der Waals surface area contributed by atoms with Crippen LogP contribution in [0.25, 0.3) is 0 Å². The lowest BCUT2D eigenvalue weighted by Crippen LogP contribution is -2.09. The van der Waals surface area contributed by atoms with Gasteiger partial charge in [0, 0.05) is 17.3 Å². The maximum Gasteiger partial charge on any atom is 0.152 e. The lowest BCUT2D eigenvalue weighted by atomic mass is 10.1. The second-order valence-corrected chi connectivity index (χ2v) is 3.25. The van der Waals surface area contributed by atoms with Gasteiger partial charge in [-0.25, -0.2) is 0 Å². The first kappa shape index (κ1) is 7.35. The van der Waals surface area contributed by atoms with Gasteiger partial charge in [-0.3, -0.25) is 4.79 Å². The van der Waals surface area contributed by atoms with Crippen molar-refractivity contribution >= 4 is 12.0 Å². The molecule has 12 heavy (non-hydrogen) atoms. The molecule has 0 fully saturated rings. The predicted octanol–water partition coefficient (Wildman–Crippen LogP) is 1.86. The summed E-state index contributed by atoms with van der Waals surface area (Å²) in [5.41, 5.74) is 3.06. The highest BCUT2D eigenvalue weighted by atomic mass is 16.1. The Hall–Kier alpha value is -1.31. The van der Waals surface area contributed by atoms with E-state index >= 15 is 0 Å². The standard InChI is InChI=1S/C10H11NO/c1-7-5-8-3-2-4-9(6-12)10(8)11-7/h2-4,6-7,11H,5H2,1H3. The maximum atomic E-state index is 10.6. The molecular formula is C10H11NO. The molecule has 0 radical (unpaired) electrons. The number of hydrogen-bond acceptors (Lipinski definition) is 2. The molecule has 2 heteroatoms. The van der Waals surface area contributed by atoms with Crippen LogP contribution in [-0.2, 0) is 6.42 Å². The molecule has 0 spiro atoms. The van der Waals surface area contributed by atoms with Crippen LogP contribution in [0.4, 0.5) is 5.69 Å². The van der Waals surface area contributed by atoms with Crippen LogP contribution in [0, 0.1) is 0 Å². The SMILES string of the molecule is CC1Cc2cccc(C=O)c2N1. The summed E-state index contributed by atoms with van der Waals surface area (Å²) in [4.78, 5) is 10.6. The number of aldehydes is 1. The van der Waals surface area contributed by atoms with Gasteiger partial charge in [-0.05, 0) is 25.0 Å². The fraction of sp³-hybridized carbons (Fsp3) is 0.300. The van der Waals surface area contributed by atoms with Crippen molar-refractivity contribution in [3.8, 4) is 0 Å². The van der Waals surface area contributed by atoms with Gasteiger partial charge in [0.25, 0.3) is 0 Å². The number of anilines is 1. The Bertz CT molecular complexity index is 320. The number of carbonyl (C=O) groups excluding carboxylic acids is 1. The number of hydrogen-bond donors (Lipinski definition) is 1. The van der Waals surface area contributed by atoms with E-state index in [0.29, 0.717) is 6.04 Å². The van der Waals surface area contributed by atoms with E-state index in [1.807, 2.05) is 12.1 Å². The molecule has 1 aromatic carbocycles. The van der Waals surface area contributed by atoms with Gasteiger partial charge in [-0.2, -0.15) is 0 Å². The monoisotopic (exact) mass is 161 g/mol. The van der Waals surface area contributed by atoms with Crippen molar-refractivity contribution in [3.63, 3.8) is 0 Å². The smallest absolute Gasteiger partial charge is 0.152 e. The van der Waals surface area contributed by atoms with Crippen LogP contribution >= 0.6 is 0 Å². The molecule has 1 aliphatic rings. The molecule has 1 aliphatic heterocycles. The fourth-order valence-corrected chi connectivity index (χ4v) is 1.69. The Balaban J connectivity index is 2.51. The fourth-order valence-electron chi connectivity index (χ4n) is 1.69. The third-order valence-electron chi connectivity index (χ3n) is 2.23. The van der Waals surface area contributed by atoms with Crippen LogP contribution in [0.5, 0.6) is 0 Å². The first-order valence-corrected chi connectivity index (χ1v) is 4.15. The van der Waals surface area contributed by atoms with E-state index in [1.54, 1.807) is 0 Å². The normalized spacial score (nSPS) is 19.9. The molecule has 0 bridgehead atoms. The molecule has 2 nitrogen and oxygen atoms in total. The Labute approximate surface area is 71.6 Å². The van der Waals surface area contributed by atoms with Crippen molar-refractivity contribution in [1.82, 2.24) is 0 Å². The zero-order valence-electron chi connectivity index (χ0n) is 7.00. The molecule has 0 saturated carbocycles. The van der Waals surface area contributed by atoms with Gasteiger partial charge in [0.05, 0.1) is 0 Å². The minimum absolute atomic E-state index is 0.459. The average molecular weight is 161 g/mol.